The Bertz CT molecular complexity index is 1270. The van der Waals surface area contributed by atoms with Crippen LogP contribution < -0.4 is 5.32 Å². The number of sulfonamides is 1. The highest BCUT2D eigenvalue weighted by Gasteiger charge is 2.26. The second-order valence-corrected chi connectivity index (χ2v) is 11.7. The highest BCUT2D eigenvalue weighted by Crippen LogP contribution is 2.27. The number of nitrogens with one attached hydrogen (secondary N) is 1. The van der Waals surface area contributed by atoms with E-state index in [2.05, 4.69) is 15.5 Å². The van der Waals surface area contributed by atoms with Gasteiger partial charge in [0.25, 0.3) is 0 Å². The third kappa shape index (κ3) is 5.34. The molecule has 1 aromatic heterocycles. The summed E-state index contributed by atoms with van der Waals surface area (Å²) in [5, 5.41) is 11.6. The van der Waals surface area contributed by atoms with Crippen molar-refractivity contribution < 1.29 is 13.2 Å². The van der Waals surface area contributed by atoms with Gasteiger partial charge in [-0.25, -0.2) is 8.42 Å². The molecule has 34 heavy (non-hydrogen) atoms. The lowest BCUT2D eigenvalue weighted by molar-refractivity contribution is -0.115. The topological polar surface area (TPSA) is 97.2 Å². The summed E-state index contributed by atoms with van der Waals surface area (Å²) in [6.07, 6.45) is 2.84. The first-order valence-corrected chi connectivity index (χ1v) is 13.6. The fourth-order valence-corrected chi connectivity index (χ4v) is 6.20. The van der Waals surface area contributed by atoms with Gasteiger partial charge in [0, 0.05) is 31.4 Å². The van der Waals surface area contributed by atoms with Crippen molar-refractivity contribution in [3.63, 3.8) is 0 Å². The molecule has 2 heterocycles. The molecule has 4 rings (SSSR count). The van der Waals surface area contributed by atoms with Crippen LogP contribution in [0.25, 0.3) is 11.4 Å². The van der Waals surface area contributed by atoms with Gasteiger partial charge >= 0.3 is 0 Å². The Balaban J connectivity index is 1.39. The van der Waals surface area contributed by atoms with Crippen molar-refractivity contribution in [1.82, 2.24) is 19.1 Å². The standard InChI is InChI=1S/C24H29N5O3S2/c1-17-8-7-9-19(16-17)22-26-27-24(28(22)3)33-18(2)23(30)25-20-10-12-21(13-11-20)34(31,32)29-14-5-4-6-15-29/h7-13,16,18H,4-6,14-15H2,1-3H3,(H,25,30). The molecule has 1 saturated heterocycles. The van der Waals surface area contributed by atoms with E-state index in [4.69, 9.17) is 0 Å². The molecule has 1 amide bonds. The molecule has 0 bridgehead atoms. The average molecular weight is 500 g/mol. The molecular formula is C24H29N5O3S2. The zero-order valence-corrected chi connectivity index (χ0v) is 21.2. The molecular weight excluding hydrogens is 470 g/mol. The SMILES string of the molecule is Cc1cccc(-c2nnc(SC(C)C(=O)Nc3ccc(S(=O)(=O)N4CCCCC4)cc3)n2C)c1. The third-order valence-corrected chi connectivity index (χ3v) is 8.88. The first-order valence-electron chi connectivity index (χ1n) is 11.3. The molecule has 180 valence electrons. The van der Waals surface area contributed by atoms with Crippen molar-refractivity contribution in [2.45, 2.75) is 48.4 Å². The van der Waals surface area contributed by atoms with E-state index in [9.17, 15) is 13.2 Å². The predicted octanol–water partition coefficient (Wildman–Crippen LogP) is 4.08. The van der Waals surface area contributed by atoms with Gasteiger partial charge < -0.3 is 9.88 Å². The molecule has 1 atom stereocenters. The van der Waals surface area contributed by atoms with Crippen LogP contribution in [-0.2, 0) is 21.9 Å². The summed E-state index contributed by atoms with van der Waals surface area (Å²) in [7, 11) is -1.61. The maximum absolute atomic E-state index is 12.8. The van der Waals surface area contributed by atoms with Crippen LogP contribution in [0.4, 0.5) is 5.69 Å². The lowest BCUT2D eigenvalue weighted by Gasteiger charge is -2.25. The molecule has 0 radical (unpaired) electrons. The fraction of sp³-hybridized carbons (Fsp3) is 0.375. The average Bonchev–Trinajstić information content (AvgIpc) is 3.20. The number of aromatic nitrogens is 3. The normalized spacial score (nSPS) is 15.7. The van der Waals surface area contributed by atoms with Crippen LogP contribution in [0.5, 0.6) is 0 Å². The van der Waals surface area contributed by atoms with E-state index in [0.717, 1.165) is 36.2 Å². The summed E-state index contributed by atoms with van der Waals surface area (Å²) in [6.45, 7) is 4.94. The number of rotatable bonds is 7. The van der Waals surface area contributed by atoms with Gasteiger partial charge in [-0.15, -0.1) is 10.2 Å². The number of piperidine rings is 1. The van der Waals surface area contributed by atoms with Crippen LogP contribution in [0.3, 0.4) is 0 Å². The number of anilines is 1. The summed E-state index contributed by atoms with van der Waals surface area (Å²) in [5.41, 5.74) is 2.66. The Hall–Kier alpha value is -2.69. The largest absolute Gasteiger partial charge is 0.325 e. The van der Waals surface area contributed by atoms with Gasteiger partial charge in [0.2, 0.25) is 15.9 Å². The number of carbonyl (C=O) groups excluding carboxylic acids is 1. The van der Waals surface area contributed by atoms with E-state index in [1.807, 2.05) is 42.8 Å². The highest BCUT2D eigenvalue weighted by atomic mass is 32.2. The van der Waals surface area contributed by atoms with Crippen LogP contribution in [0.1, 0.15) is 31.7 Å². The Labute approximate surface area is 204 Å². The van der Waals surface area contributed by atoms with E-state index in [-0.39, 0.29) is 10.8 Å². The van der Waals surface area contributed by atoms with Crippen LogP contribution >= 0.6 is 11.8 Å². The van der Waals surface area contributed by atoms with E-state index in [0.29, 0.717) is 23.9 Å². The van der Waals surface area contributed by atoms with E-state index >= 15 is 0 Å². The number of aryl methyl sites for hydroxylation is 1. The molecule has 8 nitrogen and oxygen atoms in total. The van der Waals surface area contributed by atoms with E-state index in [1.165, 1.54) is 16.1 Å². The molecule has 3 aromatic rings. The van der Waals surface area contributed by atoms with Gasteiger partial charge in [0.05, 0.1) is 10.1 Å². The monoisotopic (exact) mass is 499 g/mol. The van der Waals surface area contributed by atoms with Gasteiger partial charge in [-0.3, -0.25) is 4.79 Å². The van der Waals surface area contributed by atoms with Gasteiger partial charge in [-0.2, -0.15) is 4.31 Å². The predicted molar refractivity (Wildman–Crippen MR) is 134 cm³/mol. The van der Waals surface area contributed by atoms with Gasteiger partial charge in [0.15, 0.2) is 11.0 Å². The Kier molecular flexibility index (Phi) is 7.39. The van der Waals surface area contributed by atoms with Gasteiger partial charge in [0.1, 0.15) is 0 Å². The molecule has 0 saturated carbocycles. The molecule has 1 N–H and O–H groups in total. The van der Waals surface area contributed by atoms with Crippen molar-refractivity contribution in [2.75, 3.05) is 18.4 Å². The number of hydrogen-bond donors (Lipinski definition) is 1. The molecule has 1 aliphatic heterocycles. The number of carbonyl (C=O) groups is 1. The molecule has 0 aliphatic carbocycles. The molecule has 1 fully saturated rings. The highest BCUT2D eigenvalue weighted by molar-refractivity contribution is 8.00. The summed E-state index contributed by atoms with van der Waals surface area (Å²) >= 11 is 1.32. The minimum absolute atomic E-state index is 0.197. The minimum Gasteiger partial charge on any atom is -0.325 e. The van der Waals surface area contributed by atoms with Crippen molar-refractivity contribution in [3.05, 3.63) is 54.1 Å². The number of hydrogen-bond acceptors (Lipinski definition) is 6. The zero-order valence-electron chi connectivity index (χ0n) is 19.6. The van der Waals surface area contributed by atoms with Crippen molar-refractivity contribution in [2.24, 2.45) is 7.05 Å². The van der Waals surface area contributed by atoms with Crippen LogP contribution in [0.2, 0.25) is 0 Å². The van der Waals surface area contributed by atoms with Crippen molar-refractivity contribution >= 4 is 33.4 Å². The van der Waals surface area contributed by atoms with E-state index in [1.54, 1.807) is 31.2 Å². The lowest BCUT2D eigenvalue weighted by Crippen LogP contribution is -2.35. The Morgan fingerprint density at radius 3 is 2.44 bits per heavy atom. The number of nitrogens with zero attached hydrogens (tertiary/aromatic N) is 4. The third-order valence-electron chi connectivity index (χ3n) is 5.84. The lowest BCUT2D eigenvalue weighted by atomic mass is 10.1. The second kappa shape index (κ2) is 10.3. The summed E-state index contributed by atoms with van der Waals surface area (Å²) in [4.78, 5) is 13.0. The van der Waals surface area contributed by atoms with Crippen LogP contribution in [-0.4, -0.2) is 51.7 Å². The van der Waals surface area contributed by atoms with Gasteiger partial charge in [-0.05, 0) is 57.0 Å². The van der Waals surface area contributed by atoms with Gasteiger partial charge in [-0.1, -0.05) is 41.9 Å². The molecule has 10 heteroatoms. The first-order chi connectivity index (χ1) is 16.3. The number of benzene rings is 2. The zero-order chi connectivity index (χ0) is 24.3. The van der Waals surface area contributed by atoms with Crippen molar-refractivity contribution in [1.29, 1.82) is 0 Å². The van der Waals surface area contributed by atoms with Crippen LogP contribution in [0, 0.1) is 6.92 Å². The molecule has 1 unspecified atom stereocenters. The van der Waals surface area contributed by atoms with Crippen LogP contribution in [0.15, 0.2) is 58.6 Å². The first kappa shape index (κ1) is 24.4. The molecule has 1 aliphatic rings. The van der Waals surface area contributed by atoms with E-state index < -0.39 is 15.3 Å². The summed E-state index contributed by atoms with van der Waals surface area (Å²) in [5.74, 6) is 0.543. The smallest absolute Gasteiger partial charge is 0.243 e. The van der Waals surface area contributed by atoms with Crippen molar-refractivity contribution in [3.8, 4) is 11.4 Å². The maximum atomic E-state index is 12.8. The minimum atomic E-state index is -3.49. The fourth-order valence-electron chi connectivity index (χ4n) is 3.87. The summed E-state index contributed by atoms with van der Waals surface area (Å²) in [6, 6.07) is 14.4. The Morgan fingerprint density at radius 1 is 1.06 bits per heavy atom. The molecule has 0 spiro atoms. The summed E-state index contributed by atoms with van der Waals surface area (Å²) < 4.78 is 29.0. The molecule has 2 aromatic carbocycles. The number of thioether (sulfide) groups is 1. The quantitative estimate of drug-likeness (QED) is 0.492. The Morgan fingerprint density at radius 2 is 1.76 bits per heavy atom. The maximum Gasteiger partial charge on any atom is 0.243 e. The number of amides is 1. The second-order valence-electron chi connectivity index (χ2n) is 8.47.